The number of hydrogen-bond acceptors (Lipinski definition) is 8. The summed E-state index contributed by atoms with van der Waals surface area (Å²) in [4.78, 5) is 31.5. The molecule has 1 saturated heterocycles. The molecule has 0 unspecified atom stereocenters. The molecule has 0 bridgehead atoms. The zero-order valence-corrected chi connectivity index (χ0v) is 24.4. The van der Waals surface area contributed by atoms with Crippen LogP contribution in [0.3, 0.4) is 0 Å². The second-order valence-electron chi connectivity index (χ2n) is 10.1. The van der Waals surface area contributed by atoms with Gasteiger partial charge in [-0.1, -0.05) is 17.7 Å². The van der Waals surface area contributed by atoms with Gasteiger partial charge in [-0.2, -0.15) is 4.98 Å². The van der Waals surface area contributed by atoms with Crippen molar-refractivity contribution in [2.45, 2.75) is 13.5 Å². The van der Waals surface area contributed by atoms with Crippen LogP contribution < -0.4 is 10.1 Å². The Kier molecular flexibility index (Phi) is 7.93. The summed E-state index contributed by atoms with van der Waals surface area (Å²) < 4.78 is 7.03. The summed E-state index contributed by atoms with van der Waals surface area (Å²) in [6.45, 7) is 7.27. The first-order chi connectivity index (χ1) is 19.9. The molecular formula is C31H29ClN6O2S. The number of pyridine rings is 1. The van der Waals surface area contributed by atoms with Crippen molar-refractivity contribution < 1.29 is 9.53 Å². The number of amides is 1. The van der Waals surface area contributed by atoms with Gasteiger partial charge in [-0.3, -0.25) is 14.7 Å². The van der Waals surface area contributed by atoms with Gasteiger partial charge in [0.25, 0.3) is 5.91 Å². The summed E-state index contributed by atoms with van der Waals surface area (Å²) in [5, 5.41) is 5.27. The fourth-order valence-electron chi connectivity index (χ4n) is 4.79. The third-order valence-electron chi connectivity index (χ3n) is 7.20. The van der Waals surface area contributed by atoms with Crippen molar-refractivity contribution >= 4 is 44.7 Å². The quantitative estimate of drug-likeness (QED) is 0.233. The Morgan fingerprint density at radius 3 is 2.61 bits per heavy atom. The van der Waals surface area contributed by atoms with Crippen molar-refractivity contribution in [3.63, 3.8) is 0 Å². The van der Waals surface area contributed by atoms with Crippen LogP contribution in [0.4, 0.5) is 5.69 Å². The van der Waals surface area contributed by atoms with Crippen molar-refractivity contribution in [2.75, 3.05) is 38.5 Å². The third-order valence-corrected chi connectivity index (χ3v) is 8.42. The van der Waals surface area contributed by atoms with Gasteiger partial charge in [0.05, 0.1) is 16.1 Å². The number of anilines is 1. The maximum atomic E-state index is 13.3. The van der Waals surface area contributed by atoms with Crippen molar-refractivity contribution in [1.29, 1.82) is 0 Å². The highest BCUT2D eigenvalue weighted by atomic mass is 35.5. The molecular weight excluding hydrogens is 556 g/mol. The van der Waals surface area contributed by atoms with E-state index in [1.165, 1.54) is 16.9 Å². The second-order valence-corrected chi connectivity index (χ2v) is 11.5. The molecule has 8 nitrogen and oxygen atoms in total. The number of aromatic nitrogens is 3. The first-order valence-corrected chi connectivity index (χ1v) is 14.6. The molecule has 0 atom stereocenters. The lowest BCUT2D eigenvalue weighted by Gasteiger charge is -2.32. The Balaban J connectivity index is 1.20. The van der Waals surface area contributed by atoms with Gasteiger partial charge in [0.2, 0.25) is 5.88 Å². The number of halogens is 1. The van der Waals surface area contributed by atoms with E-state index in [4.69, 9.17) is 16.3 Å². The lowest BCUT2D eigenvalue weighted by atomic mass is 10.1. The van der Waals surface area contributed by atoms with E-state index in [2.05, 4.69) is 50.1 Å². The van der Waals surface area contributed by atoms with Gasteiger partial charge in [0.15, 0.2) is 5.82 Å². The minimum atomic E-state index is -0.312. The highest BCUT2D eigenvalue weighted by molar-refractivity contribution is 7.17. The SMILES string of the molecule is Cc1cc(NC(=O)c2cc(Oc3nc(-c4ccncc4)nc4ccsc34)ccc2Cl)ccc1CN1CCN(C)CC1. The highest BCUT2D eigenvalue weighted by Crippen LogP contribution is 2.34. The van der Waals surface area contributed by atoms with Crippen LogP contribution in [-0.2, 0) is 6.54 Å². The predicted molar refractivity (Wildman–Crippen MR) is 164 cm³/mol. The van der Waals surface area contributed by atoms with Gasteiger partial charge in [0.1, 0.15) is 10.4 Å². The molecule has 0 radical (unpaired) electrons. The number of carbonyl (C=O) groups excluding carboxylic acids is 1. The van der Waals surface area contributed by atoms with Crippen LogP contribution in [0.25, 0.3) is 21.6 Å². The topological polar surface area (TPSA) is 83.5 Å². The molecule has 1 aliphatic heterocycles. The van der Waals surface area contributed by atoms with E-state index in [0.717, 1.165) is 59.8 Å². The first kappa shape index (κ1) is 27.3. The van der Waals surface area contributed by atoms with E-state index in [9.17, 15) is 4.79 Å². The number of nitrogens with zero attached hydrogens (tertiary/aromatic N) is 5. The Morgan fingerprint density at radius 1 is 1.02 bits per heavy atom. The van der Waals surface area contributed by atoms with Gasteiger partial charge in [-0.25, -0.2) is 4.98 Å². The molecule has 0 aliphatic carbocycles. The van der Waals surface area contributed by atoms with Crippen LogP contribution in [0.1, 0.15) is 21.5 Å². The number of thiophene rings is 1. The lowest BCUT2D eigenvalue weighted by molar-refractivity contribution is 0.102. The molecule has 1 amide bonds. The van der Waals surface area contributed by atoms with E-state index in [1.54, 1.807) is 30.6 Å². The Hall–Kier alpha value is -3.89. The zero-order valence-electron chi connectivity index (χ0n) is 22.8. The standard InChI is InChI=1S/C31H29ClN6O2S/c1-20-17-23(4-3-22(20)19-38-14-12-37(2)13-15-38)34-30(39)25-18-24(5-6-26(25)32)40-31-28-27(9-16-41-28)35-29(36-31)21-7-10-33-11-8-21/h3-11,16-18H,12-15,19H2,1-2H3,(H,34,39). The van der Waals surface area contributed by atoms with E-state index in [1.807, 2.05) is 35.7 Å². The summed E-state index contributed by atoms with van der Waals surface area (Å²) in [6, 6.07) is 16.7. The van der Waals surface area contributed by atoms with Crippen LogP contribution in [0.15, 0.2) is 72.4 Å². The fourth-order valence-corrected chi connectivity index (χ4v) is 5.74. The van der Waals surface area contributed by atoms with Gasteiger partial charge in [0, 0.05) is 56.4 Å². The molecule has 5 aromatic rings. The molecule has 4 heterocycles. The zero-order chi connectivity index (χ0) is 28.3. The number of ether oxygens (including phenoxy) is 1. The summed E-state index contributed by atoms with van der Waals surface area (Å²) in [6.07, 6.45) is 3.40. The number of likely N-dealkylation sites (N-methyl/N-ethyl adjacent to an activating group) is 1. The number of rotatable bonds is 7. The molecule has 1 aliphatic rings. The lowest BCUT2D eigenvalue weighted by Crippen LogP contribution is -2.43. The van der Waals surface area contributed by atoms with Gasteiger partial charge >= 0.3 is 0 Å². The first-order valence-electron chi connectivity index (χ1n) is 13.4. The molecule has 208 valence electrons. The number of hydrogen-bond donors (Lipinski definition) is 1. The normalized spacial score (nSPS) is 14.3. The number of aryl methyl sites for hydroxylation is 1. The van der Waals surface area contributed by atoms with Gasteiger partial charge in [-0.15, -0.1) is 11.3 Å². The monoisotopic (exact) mass is 584 g/mol. The maximum absolute atomic E-state index is 13.3. The van der Waals surface area contributed by atoms with E-state index in [0.29, 0.717) is 28.0 Å². The molecule has 1 fully saturated rings. The molecule has 0 spiro atoms. The minimum Gasteiger partial charge on any atom is -0.437 e. The Bertz CT molecular complexity index is 1700. The van der Waals surface area contributed by atoms with Crippen molar-refractivity contribution in [2.24, 2.45) is 0 Å². The van der Waals surface area contributed by atoms with Crippen molar-refractivity contribution in [1.82, 2.24) is 24.8 Å². The second kappa shape index (κ2) is 11.9. The van der Waals surface area contributed by atoms with E-state index in [-0.39, 0.29) is 5.91 Å². The number of nitrogens with one attached hydrogen (secondary N) is 1. The molecule has 1 N–H and O–H groups in total. The number of carbonyl (C=O) groups is 1. The van der Waals surface area contributed by atoms with Gasteiger partial charge < -0.3 is 15.0 Å². The van der Waals surface area contributed by atoms with Gasteiger partial charge in [-0.05, 0) is 79.0 Å². The van der Waals surface area contributed by atoms with Crippen molar-refractivity contribution in [3.8, 4) is 23.0 Å². The predicted octanol–water partition coefficient (Wildman–Crippen LogP) is 6.51. The minimum absolute atomic E-state index is 0.312. The third kappa shape index (κ3) is 6.23. The highest BCUT2D eigenvalue weighted by Gasteiger charge is 2.18. The maximum Gasteiger partial charge on any atom is 0.257 e. The summed E-state index contributed by atoms with van der Waals surface area (Å²) in [7, 11) is 2.16. The molecule has 41 heavy (non-hydrogen) atoms. The average Bonchev–Trinajstić information content (AvgIpc) is 3.46. The molecule has 6 rings (SSSR count). The van der Waals surface area contributed by atoms with Crippen LogP contribution in [-0.4, -0.2) is 63.9 Å². The summed E-state index contributed by atoms with van der Waals surface area (Å²) in [5.41, 5.74) is 5.05. The number of piperazine rings is 1. The van der Waals surface area contributed by atoms with Crippen molar-refractivity contribution in [3.05, 3.63) is 94.1 Å². The average molecular weight is 585 g/mol. The largest absolute Gasteiger partial charge is 0.437 e. The van der Waals surface area contributed by atoms with Crippen LogP contribution in [0, 0.1) is 6.92 Å². The van der Waals surface area contributed by atoms with E-state index < -0.39 is 0 Å². The van der Waals surface area contributed by atoms with Crippen LogP contribution in [0.2, 0.25) is 5.02 Å². The van der Waals surface area contributed by atoms with E-state index >= 15 is 0 Å². The van der Waals surface area contributed by atoms with Crippen LogP contribution in [0.5, 0.6) is 11.6 Å². The smallest absolute Gasteiger partial charge is 0.257 e. The molecule has 0 saturated carbocycles. The Morgan fingerprint density at radius 2 is 1.83 bits per heavy atom. The number of fused-ring (bicyclic) bond motifs is 1. The molecule has 2 aromatic carbocycles. The van der Waals surface area contributed by atoms with Crippen LogP contribution >= 0.6 is 22.9 Å². The Labute approximate surface area is 247 Å². The molecule has 3 aromatic heterocycles. The fraction of sp³-hybridized carbons (Fsp3) is 0.226. The number of benzene rings is 2. The summed E-state index contributed by atoms with van der Waals surface area (Å²) in [5.74, 6) is 1.09. The summed E-state index contributed by atoms with van der Waals surface area (Å²) >= 11 is 7.96. The molecule has 10 heteroatoms.